The fourth-order valence-corrected chi connectivity index (χ4v) is 3.94. The van der Waals surface area contributed by atoms with Crippen LogP contribution in [0.2, 0.25) is 0 Å². The Bertz CT molecular complexity index is 1140. The number of hydrogen-bond acceptors (Lipinski definition) is 5. The predicted molar refractivity (Wildman–Crippen MR) is 115 cm³/mol. The van der Waals surface area contributed by atoms with Gasteiger partial charge in [0.25, 0.3) is 5.91 Å². The third-order valence-electron chi connectivity index (χ3n) is 4.52. The normalized spacial score (nSPS) is 10.7. The fraction of sp³-hybridized carbons (Fsp3) is 0.0870. The molecule has 1 heterocycles. The van der Waals surface area contributed by atoms with Gasteiger partial charge in [0.1, 0.15) is 5.01 Å². The Hall–Kier alpha value is -3.51. The number of fused-ring (bicyclic) bond motifs is 1. The summed E-state index contributed by atoms with van der Waals surface area (Å²) in [6, 6.07) is 24.2. The van der Waals surface area contributed by atoms with Crippen molar-refractivity contribution in [2.45, 2.75) is 0 Å². The number of carbonyl (C=O) groups excluding carboxylic acids is 2. The Labute approximate surface area is 172 Å². The number of benzene rings is 3. The summed E-state index contributed by atoms with van der Waals surface area (Å²) in [7, 11) is 1.65. The van der Waals surface area contributed by atoms with Crippen LogP contribution in [0, 0.1) is 0 Å². The first-order valence-corrected chi connectivity index (χ1v) is 9.89. The monoisotopic (exact) mass is 402 g/mol. The molecule has 0 aliphatic carbocycles. The van der Waals surface area contributed by atoms with E-state index in [-0.39, 0.29) is 12.5 Å². The van der Waals surface area contributed by atoms with Crippen LogP contribution in [0.4, 0.5) is 5.69 Å². The van der Waals surface area contributed by atoms with Gasteiger partial charge in [0.05, 0.1) is 15.8 Å². The lowest BCUT2D eigenvalue weighted by Gasteiger charge is -2.17. The summed E-state index contributed by atoms with van der Waals surface area (Å²) >= 11 is 1.51. The van der Waals surface area contributed by atoms with Crippen LogP contribution in [0.15, 0.2) is 78.9 Å². The van der Waals surface area contributed by atoms with E-state index in [1.54, 1.807) is 19.2 Å². The molecule has 1 amide bonds. The second-order valence-electron chi connectivity index (χ2n) is 6.40. The number of carbonyl (C=O) groups is 2. The van der Waals surface area contributed by atoms with Gasteiger partial charge < -0.3 is 9.64 Å². The average Bonchev–Trinajstić information content (AvgIpc) is 3.21. The number of aromatic nitrogens is 1. The molecule has 1 aromatic heterocycles. The lowest BCUT2D eigenvalue weighted by Crippen LogP contribution is -2.31. The predicted octanol–water partition coefficient (Wildman–Crippen LogP) is 4.78. The van der Waals surface area contributed by atoms with Crippen LogP contribution in [0.3, 0.4) is 0 Å². The molecule has 4 aromatic rings. The summed E-state index contributed by atoms with van der Waals surface area (Å²) < 4.78 is 6.36. The number of nitrogens with zero attached hydrogens (tertiary/aromatic N) is 2. The first kappa shape index (κ1) is 18.8. The van der Waals surface area contributed by atoms with Crippen molar-refractivity contribution >= 4 is 39.1 Å². The maximum absolute atomic E-state index is 12.7. The van der Waals surface area contributed by atoms with Crippen LogP contribution in [-0.4, -0.2) is 30.5 Å². The standard InChI is InChI=1S/C23H18N2O3S/c1-25(16-9-3-2-4-10-16)21(26)15-28-23(27)18-12-6-5-11-17(18)22-24-19-13-7-8-14-20(19)29-22/h2-14H,15H2,1H3. The lowest BCUT2D eigenvalue weighted by atomic mass is 10.1. The highest BCUT2D eigenvalue weighted by Gasteiger charge is 2.19. The van der Waals surface area contributed by atoms with Crippen molar-refractivity contribution in [1.29, 1.82) is 0 Å². The van der Waals surface area contributed by atoms with Crippen molar-refractivity contribution in [3.8, 4) is 10.6 Å². The van der Waals surface area contributed by atoms with Crippen LogP contribution in [-0.2, 0) is 9.53 Å². The zero-order chi connectivity index (χ0) is 20.2. The number of hydrogen-bond donors (Lipinski definition) is 0. The van der Waals surface area contributed by atoms with E-state index in [1.807, 2.05) is 66.7 Å². The van der Waals surface area contributed by atoms with Crippen molar-refractivity contribution in [2.75, 3.05) is 18.6 Å². The van der Waals surface area contributed by atoms with E-state index < -0.39 is 5.97 Å². The summed E-state index contributed by atoms with van der Waals surface area (Å²) in [6.07, 6.45) is 0. The number of amides is 1. The highest BCUT2D eigenvalue weighted by molar-refractivity contribution is 7.21. The number of para-hydroxylation sites is 2. The van der Waals surface area contributed by atoms with Crippen LogP contribution in [0.5, 0.6) is 0 Å². The molecule has 0 fully saturated rings. The van der Waals surface area contributed by atoms with E-state index in [2.05, 4.69) is 4.98 Å². The van der Waals surface area contributed by atoms with Crippen molar-refractivity contribution in [2.24, 2.45) is 0 Å². The molecule has 0 saturated heterocycles. The molecular weight excluding hydrogens is 384 g/mol. The van der Waals surface area contributed by atoms with Crippen molar-refractivity contribution in [3.63, 3.8) is 0 Å². The first-order valence-electron chi connectivity index (χ1n) is 9.07. The minimum Gasteiger partial charge on any atom is -0.452 e. The highest BCUT2D eigenvalue weighted by Crippen LogP contribution is 2.32. The summed E-state index contributed by atoms with van der Waals surface area (Å²) in [4.78, 5) is 31.2. The molecule has 6 heteroatoms. The molecule has 5 nitrogen and oxygen atoms in total. The highest BCUT2D eigenvalue weighted by atomic mass is 32.1. The van der Waals surface area contributed by atoms with E-state index in [0.29, 0.717) is 11.1 Å². The molecule has 0 spiro atoms. The van der Waals surface area contributed by atoms with E-state index >= 15 is 0 Å². The minimum atomic E-state index is -0.547. The third-order valence-corrected chi connectivity index (χ3v) is 5.59. The largest absolute Gasteiger partial charge is 0.452 e. The average molecular weight is 402 g/mol. The van der Waals surface area contributed by atoms with E-state index in [1.165, 1.54) is 16.2 Å². The van der Waals surface area contributed by atoms with E-state index in [9.17, 15) is 9.59 Å². The molecule has 0 aliphatic rings. The Morgan fingerprint density at radius 1 is 0.931 bits per heavy atom. The number of esters is 1. The number of ether oxygens (including phenoxy) is 1. The molecule has 0 N–H and O–H groups in total. The number of rotatable bonds is 5. The number of anilines is 1. The Morgan fingerprint density at radius 2 is 1.62 bits per heavy atom. The molecule has 0 atom stereocenters. The van der Waals surface area contributed by atoms with Gasteiger partial charge in [-0.1, -0.05) is 48.5 Å². The lowest BCUT2D eigenvalue weighted by molar-refractivity contribution is -0.121. The van der Waals surface area contributed by atoms with Gasteiger partial charge in [-0.2, -0.15) is 0 Å². The number of thiazole rings is 1. The Balaban J connectivity index is 1.51. The third kappa shape index (κ3) is 4.02. The summed E-state index contributed by atoms with van der Waals surface area (Å²) in [5.74, 6) is -0.850. The van der Waals surface area contributed by atoms with Crippen LogP contribution in [0.1, 0.15) is 10.4 Å². The Morgan fingerprint density at radius 3 is 2.41 bits per heavy atom. The minimum absolute atomic E-state index is 0.304. The van der Waals surface area contributed by atoms with Crippen molar-refractivity contribution in [1.82, 2.24) is 4.98 Å². The topological polar surface area (TPSA) is 59.5 Å². The zero-order valence-corrected chi connectivity index (χ0v) is 16.6. The van der Waals surface area contributed by atoms with Crippen LogP contribution >= 0.6 is 11.3 Å². The van der Waals surface area contributed by atoms with Gasteiger partial charge in [0, 0.05) is 18.3 Å². The van der Waals surface area contributed by atoms with Gasteiger partial charge in [-0.3, -0.25) is 4.79 Å². The SMILES string of the molecule is CN(C(=O)COC(=O)c1ccccc1-c1nc2ccccc2s1)c1ccccc1. The molecule has 4 rings (SSSR count). The molecule has 0 bridgehead atoms. The van der Waals surface area contributed by atoms with Gasteiger partial charge in [0.15, 0.2) is 6.61 Å². The van der Waals surface area contributed by atoms with Gasteiger partial charge in [-0.15, -0.1) is 11.3 Å². The second-order valence-corrected chi connectivity index (χ2v) is 7.43. The summed E-state index contributed by atoms with van der Waals surface area (Å²) in [5.41, 5.74) is 2.71. The van der Waals surface area contributed by atoms with Crippen LogP contribution < -0.4 is 4.90 Å². The summed E-state index contributed by atoms with van der Waals surface area (Å²) in [5, 5.41) is 0.742. The molecule has 3 aromatic carbocycles. The quantitative estimate of drug-likeness (QED) is 0.451. The zero-order valence-electron chi connectivity index (χ0n) is 15.7. The van der Waals surface area contributed by atoms with Gasteiger partial charge in [0.2, 0.25) is 0 Å². The van der Waals surface area contributed by atoms with Gasteiger partial charge in [-0.25, -0.2) is 9.78 Å². The van der Waals surface area contributed by atoms with E-state index in [0.717, 1.165) is 20.9 Å². The number of likely N-dealkylation sites (N-methyl/N-ethyl adjacent to an activating group) is 1. The molecule has 0 radical (unpaired) electrons. The maximum Gasteiger partial charge on any atom is 0.339 e. The first-order chi connectivity index (χ1) is 14.1. The Kier molecular flexibility index (Phi) is 5.35. The molecular formula is C23H18N2O3S. The van der Waals surface area contributed by atoms with Crippen molar-refractivity contribution < 1.29 is 14.3 Å². The van der Waals surface area contributed by atoms with Gasteiger partial charge in [-0.05, 0) is 30.3 Å². The maximum atomic E-state index is 12.7. The van der Waals surface area contributed by atoms with Gasteiger partial charge >= 0.3 is 5.97 Å². The second kappa shape index (κ2) is 8.24. The molecule has 0 saturated carbocycles. The molecule has 29 heavy (non-hydrogen) atoms. The fourth-order valence-electron chi connectivity index (χ4n) is 2.93. The molecule has 144 valence electrons. The smallest absolute Gasteiger partial charge is 0.339 e. The molecule has 0 aliphatic heterocycles. The van der Waals surface area contributed by atoms with Crippen LogP contribution in [0.25, 0.3) is 20.8 Å². The van der Waals surface area contributed by atoms with Crippen molar-refractivity contribution in [3.05, 3.63) is 84.4 Å². The molecule has 0 unspecified atom stereocenters. The van der Waals surface area contributed by atoms with E-state index in [4.69, 9.17) is 4.74 Å². The summed E-state index contributed by atoms with van der Waals surface area (Å²) in [6.45, 7) is -0.335.